The second kappa shape index (κ2) is 12.8. The molecule has 3 aliphatic rings. The van der Waals surface area contributed by atoms with Crippen LogP contribution in [0.3, 0.4) is 0 Å². The third-order valence-corrected chi connectivity index (χ3v) is 11.1. The standard InChI is InChI=1S/C34H37N5O2S2/c1-23-7-4-9-26(36-23)27(14-18-38-16-2-3-17-38)37-24-12-13-30-32(21-24)42-31-11-5-8-25(33(31)43-30)29-22-39(19-20-41-29)28-10-6-15-35-34(28)40/h4-13,15,21,27,29,37H,2-3,14,16-20,22H2,1H3,(H,35,40). The summed E-state index contributed by atoms with van der Waals surface area (Å²) in [6, 6.07) is 23.5. The molecule has 2 aromatic carbocycles. The molecule has 43 heavy (non-hydrogen) atoms. The van der Waals surface area contributed by atoms with Crippen molar-refractivity contribution in [2.45, 2.75) is 57.9 Å². The minimum Gasteiger partial charge on any atom is -0.377 e. The van der Waals surface area contributed by atoms with E-state index in [-0.39, 0.29) is 17.7 Å². The molecule has 0 spiro atoms. The number of aryl methyl sites for hydroxylation is 1. The highest BCUT2D eigenvalue weighted by molar-refractivity contribution is 8.05. The van der Waals surface area contributed by atoms with E-state index in [2.05, 4.69) is 81.6 Å². The van der Waals surface area contributed by atoms with Gasteiger partial charge < -0.3 is 24.8 Å². The molecular formula is C34H37N5O2S2. The summed E-state index contributed by atoms with van der Waals surface area (Å²) in [5.74, 6) is 0. The molecule has 0 aliphatic carbocycles. The average molecular weight is 612 g/mol. The van der Waals surface area contributed by atoms with Gasteiger partial charge in [0.1, 0.15) is 11.8 Å². The van der Waals surface area contributed by atoms with Crippen molar-refractivity contribution in [3.63, 3.8) is 0 Å². The third kappa shape index (κ3) is 6.36. The Balaban J connectivity index is 1.10. The normalized spacial score (nSPS) is 19.1. The largest absolute Gasteiger partial charge is 0.377 e. The van der Waals surface area contributed by atoms with Crippen molar-refractivity contribution >= 4 is 34.9 Å². The Labute approximate surface area is 261 Å². The number of anilines is 2. The maximum Gasteiger partial charge on any atom is 0.271 e. The Morgan fingerprint density at radius 1 is 1.00 bits per heavy atom. The fraction of sp³-hybridized carbons (Fsp3) is 0.353. The number of benzene rings is 2. The lowest BCUT2D eigenvalue weighted by Crippen LogP contribution is -2.41. The van der Waals surface area contributed by atoms with Crippen LogP contribution in [0.5, 0.6) is 0 Å². The summed E-state index contributed by atoms with van der Waals surface area (Å²) in [6.45, 7) is 7.50. The highest BCUT2D eigenvalue weighted by Gasteiger charge is 2.29. The molecule has 222 valence electrons. The maximum absolute atomic E-state index is 12.5. The number of nitrogens with zero attached hydrogens (tertiary/aromatic N) is 3. The van der Waals surface area contributed by atoms with Crippen LogP contribution >= 0.6 is 23.5 Å². The number of ether oxygens (including phenoxy) is 1. The third-order valence-electron chi connectivity index (χ3n) is 8.48. The number of nitrogens with one attached hydrogen (secondary N) is 2. The van der Waals surface area contributed by atoms with Crippen molar-refractivity contribution in [1.82, 2.24) is 14.9 Å². The van der Waals surface area contributed by atoms with Crippen LogP contribution in [0.25, 0.3) is 0 Å². The molecule has 7 nitrogen and oxygen atoms in total. The van der Waals surface area contributed by atoms with Gasteiger partial charge in [-0.2, -0.15) is 0 Å². The Morgan fingerprint density at radius 3 is 2.74 bits per heavy atom. The van der Waals surface area contributed by atoms with E-state index < -0.39 is 0 Å². The van der Waals surface area contributed by atoms with Gasteiger partial charge in [-0.3, -0.25) is 9.78 Å². The zero-order chi connectivity index (χ0) is 29.2. The lowest BCUT2D eigenvalue weighted by atomic mass is 10.1. The van der Waals surface area contributed by atoms with Crippen molar-refractivity contribution in [3.8, 4) is 0 Å². The van der Waals surface area contributed by atoms with Gasteiger partial charge in [-0.05, 0) is 93.4 Å². The Morgan fingerprint density at radius 2 is 1.88 bits per heavy atom. The van der Waals surface area contributed by atoms with E-state index in [0.717, 1.165) is 30.0 Å². The van der Waals surface area contributed by atoms with Crippen LogP contribution in [0, 0.1) is 6.92 Å². The molecule has 2 N–H and O–H groups in total. The Bertz CT molecular complexity index is 1650. The first-order valence-corrected chi connectivity index (χ1v) is 16.8. The van der Waals surface area contributed by atoms with E-state index in [1.165, 1.54) is 51.1 Å². The summed E-state index contributed by atoms with van der Waals surface area (Å²) in [6.07, 6.45) is 5.22. The number of aromatic amines is 1. The predicted molar refractivity (Wildman–Crippen MR) is 175 cm³/mol. The average Bonchev–Trinajstić information content (AvgIpc) is 3.56. The van der Waals surface area contributed by atoms with Crippen molar-refractivity contribution in [3.05, 3.63) is 100 Å². The molecule has 0 radical (unpaired) electrons. The highest BCUT2D eigenvalue weighted by atomic mass is 32.2. The van der Waals surface area contributed by atoms with Crippen LogP contribution in [-0.2, 0) is 4.74 Å². The van der Waals surface area contributed by atoms with Gasteiger partial charge in [0.25, 0.3) is 5.56 Å². The van der Waals surface area contributed by atoms with Crippen LogP contribution in [0.1, 0.15) is 48.4 Å². The lowest BCUT2D eigenvalue weighted by Gasteiger charge is -2.35. The smallest absolute Gasteiger partial charge is 0.271 e. The Hall–Kier alpha value is -3.24. The summed E-state index contributed by atoms with van der Waals surface area (Å²) in [5.41, 5.74) is 5.11. The van der Waals surface area contributed by atoms with Gasteiger partial charge in [-0.1, -0.05) is 41.7 Å². The molecule has 3 aliphatic heterocycles. The zero-order valence-electron chi connectivity index (χ0n) is 24.4. The maximum atomic E-state index is 12.5. The van der Waals surface area contributed by atoms with Gasteiger partial charge in [-0.25, -0.2) is 0 Å². The zero-order valence-corrected chi connectivity index (χ0v) is 26.1. The van der Waals surface area contributed by atoms with Gasteiger partial charge in [-0.15, -0.1) is 0 Å². The fourth-order valence-corrected chi connectivity index (χ4v) is 8.71. The summed E-state index contributed by atoms with van der Waals surface area (Å²) in [4.78, 5) is 29.9. The molecule has 2 saturated heterocycles. The van der Waals surface area contributed by atoms with E-state index in [1.54, 1.807) is 6.20 Å². The number of fused-ring (bicyclic) bond motifs is 2. The molecule has 7 rings (SSSR count). The molecule has 0 amide bonds. The predicted octanol–water partition coefficient (Wildman–Crippen LogP) is 6.91. The fourth-order valence-electron chi connectivity index (χ4n) is 6.26. The first kappa shape index (κ1) is 28.5. The lowest BCUT2D eigenvalue weighted by molar-refractivity contribution is 0.0378. The molecule has 2 atom stereocenters. The van der Waals surface area contributed by atoms with Crippen molar-refractivity contribution < 1.29 is 4.74 Å². The number of rotatable bonds is 8. The number of pyridine rings is 2. The number of morpholine rings is 1. The monoisotopic (exact) mass is 611 g/mol. The second-order valence-electron chi connectivity index (χ2n) is 11.5. The number of hydrogen-bond acceptors (Lipinski definition) is 8. The van der Waals surface area contributed by atoms with Crippen molar-refractivity contribution in [2.75, 3.05) is 49.5 Å². The quantitative estimate of drug-likeness (QED) is 0.196. The molecule has 2 unspecified atom stereocenters. The van der Waals surface area contributed by atoms with Gasteiger partial charge in [0, 0.05) is 56.8 Å². The molecule has 2 fully saturated rings. The van der Waals surface area contributed by atoms with Crippen molar-refractivity contribution in [1.29, 1.82) is 0 Å². The summed E-state index contributed by atoms with van der Waals surface area (Å²) < 4.78 is 6.29. The number of likely N-dealkylation sites (tertiary alicyclic amines) is 1. The molecule has 9 heteroatoms. The van der Waals surface area contributed by atoms with Gasteiger partial charge in [0.05, 0.1) is 18.3 Å². The molecule has 4 aromatic rings. The molecule has 0 saturated carbocycles. The summed E-state index contributed by atoms with van der Waals surface area (Å²) in [5, 5.41) is 3.84. The number of aromatic nitrogens is 2. The van der Waals surface area contributed by atoms with Gasteiger partial charge in [0.2, 0.25) is 0 Å². The first-order chi connectivity index (χ1) is 21.1. The molecular weight excluding hydrogens is 575 g/mol. The van der Waals surface area contributed by atoms with Crippen LogP contribution in [0.2, 0.25) is 0 Å². The van der Waals surface area contributed by atoms with E-state index in [9.17, 15) is 4.79 Å². The minimum atomic E-state index is -0.0999. The summed E-state index contributed by atoms with van der Waals surface area (Å²) >= 11 is 3.65. The van der Waals surface area contributed by atoms with Gasteiger partial charge in [0.15, 0.2) is 0 Å². The van der Waals surface area contributed by atoms with Gasteiger partial charge >= 0.3 is 0 Å². The van der Waals surface area contributed by atoms with Crippen LogP contribution in [0.4, 0.5) is 11.4 Å². The van der Waals surface area contributed by atoms with Crippen LogP contribution in [-0.4, -0.2) is 54.2 Å². The van der Waals surface area contributed by atoms with E-state index >= 15 is 0 Å². The molecule has 2 aromatic heterocycles. The van der Waals surface area contributed by atoms with E-state index in [0.29, 0.717) is 25.4 Å². The van der Waals surface area contributed by atoms with E-state index in [1.807, 2.05) is 35.7 Å². The van der Waals surface area contributed by atoms with Crippen LogP contribution in [0.15, 0.2) is 97.3 Å². The minimum absolute atomic E-state index is 0.0574. The van der Waals surface area contributed by atoms with Crippen molar-refractivity contribution in [2.24, 2.45) is 0 Å². The van der Waals surface area contributed by atoms with E-state index in [4.69, 9.17) is 9.72 Å². The molecule has 5 heterocycles. The summed E-state index contributed by atoms with van der Waals surface area (Å²) in [7, 11) is 0. The van der Waals surface area contributed by atoms with Crippen LogP contribution < -0.4 is 15.8 Å². The molecule has 0 bridgehead atoms. The topological polar surface area (TPSA) is 73.5 Å². The number of H-pyrrole nitrogens is 1. The second-order valence-corrected chi connectivity index (χ2v) is 13.6. The Kier molecular flexibility index (Phi) is 8.48. The highest BCUT2D eigenvalue weighted by Crippen LogP contribution is 2.52. The SMILES string of the molecule is Cc1cccc(C(CCN2CCCC2)Nc2ccc3c(c2)Sc2cccc(C4CN(c5ccc[nH]c5=O)CCO4)c2S3)n1. The first-order valence-electron chi connectivity index (χ1n) is 15.2. The number of hydrogen-bond donors (Lipinski definition) is 2.